The highest BCUT2D eigenvalue weighted by Gasteiger charge is 2.24. The van der Waals surface area contributed by atoms with Crippen molar-refractivity contribution in [2.24, 2.45) is 5.92 Å². The van der Waals surface area contributed by atoms with E-state index in [9.17, 15) is 4.79 Å². The van der Waals surface area contributed by atoms with Crippen molar-refractivity contribution in [3.8, 4) is 17.2 Å². The Balaban J connectivity index is 1.70. The third-order valence-corrected chi connectivity index (χ3v) is 5.13. The fourth-order valence-electron chi connectivity index (χ4n) is 3.27. The van der Waals surface area contributed by atoms with Crippen LogP contribution >= 0.6 is 11.6 Å². The summed E-state index contributed by atoms with van der Waals surface area (Å²) in [5.41, 5.74) is 1.67. The van der Waals surface area contributed by atoms with E-state index in [1.807, 2.05) is 25.1 Å². The third kappa shape index (κ3) is 5.14. The first-order valence-corrected chi connectivity index (χ1v) is 10.1. The van der Waals surface area contributed by atoms with Crippen LogP contribution < -0.4 is 24.8 Å². The monoisotopic (exact) mass is 418 g/mol. The molecule has 1 amide bonds. The van der Waals surface area contributed by atoms with Gasteiger partial charge in [0.1, 0.15) is 19.0 Å². The first-order valence-electron chi connectivity index (χ1n) is 9.69. The Bertz CT molecular complexity index is 872. The van der Waals surface area contributed by atoms with Gasteiger partial charge in [-0.2, -0.15) is 0 Å². The van der Waals surface area contributed by atoms with Gasteiger partial charge in [0.15, 0.2) is 11.5 Å². The summed E-state index contributed by atoms with van der Waals surface area (Å²) < 4.78 is 16.4. The van der Waals surface area contributed by atoms with Crippen LogP contribution in [-0.2, 0) is 4.79 Å². The van der Waals surface area contributed by atoms with Crippen LogP contribution in [0.5, 0.6) is 17.2 Å². The number of rotatable bonds is 7. The summed E-state index contributed by atoms with van der Waals surface area (Å²) in [4.78, 5) is 12.7. The van der Waals surface area contributed by atoms with E-state index in [-0.39, 0.29) is 17.9 Å². The summed E-state index contributed by atoms with van der Waals surface area (Å²) in [5.74, 6) is 2.18. The molecule has 2 N–H and O–H groups in total. The lowest BCUT2D eigenvalue weighted by molar-refractivity contribution is -0.118. The van der Waals surface area contributed by atoms with E-state index in [1.165, 1.54) is 0 Å². The third-order valence-electron chi connectivity index (χ3n) is 4.83. The van der Waals surface area contributed by atoms with E-state index < -0.39 is 6.04 Å². The molecular formula is C22H27ClN2O4. The molecule has 2 atom stereocenters. The molecule has 2 aromatic carbocycles. The van der Waals surface area contributed by atoms with Gasteiger partial charge in [-0.05, 0) is 48.7 Å². The largest absolute Gasteiger partial charge is 0.495 e. The summed E-state index contributed by atoms with van der Waals surface area (Å²) in [5, 5.41) is 6.77. The molecule has 1 aliphatic rings. The predicted octanol–water partition coefficient (Wildman–Crippen LogP) is 4.43. The van der Waals surface area contributed by atoms with E-state index in [0.717, 1.165) is 17.1 Å². The molecule has 0 radical (unpaired) electrons. The number of carbonyl (C=O) groups excluding carboxylic acids is 1. The van der Waals surface area contributed by atoms with Crippen molar-refractivity contribution in [3.63, 3.8) is 0 Å². The number of ether oxygens (including phenoxy) is 3. The van der Waals surface area contributed by atoms with E-state index in [0.29, 0.717) is 29.7 Å². The Morgan fingerprint density at radius 2 is 1.79 bits per heavy atom. The first-order chi connectivity index (χ1) is 13.9. The fraction of sp³-hybridized carbons (Fsp3) is 0.409. The molecule has 2 aromatic rings. The Morgan fingerprint density at radius 1 is 1.07 bits per heavy atom. The molecule has 0 bridgehead atoms. The average Bonchev–Trinajstić information content (AvgIpc) is 2.71. The number of amides is 1. The molecule has 1 aliphatic heterocycles. The highest BCUT2D eigenvalue weighted by atomic mass is 35.5. The Hall–Kier alpha value is -2.44. The molecule has 0 unspecified atom stereocenters. The predicted molar refractivity (Wildman–Crippen MR) is 114 cm³/mol. The van der Waals surface area contributed by atoms with E-state index >= 15 is 0 Å². The lowest BCUT2D eigenvalue weighted by atomic mass is 9.94. The van der Waals surface area contributed by atoms with Crippen molar-refractivity contribution in [3.05, 3.63) is 47.0 Å². The molecule has 0 aliphatic carbocycles. The van der Waals surface area contributed by atoms with Crippen LogP contribution in [0.4, 0.5) is 5.69 Å². The minimum Gasteiger partial charge on any atom is -0.495 e. The normalized spacial score (nSPS) is 15.0. The Morgan fingerprint density at radius 3 is 2.45 bits per heavy atom. The zero-order chi connectivity index (χ0) is 21.0. The van der Waals surface area contributed by atoms with Gasteiger partial charge >= 0.3 is 0 Å². The number of anilines is 1. The SMILES string of the molecule is COc1ccc(NC(=O)[C@@H](C)N[C@H](c2ccc3c(c2)OCCO3)C(C)C)cc1Cl. The molecule has 1 heterocycles. The number of hydrogen-bond acceptors (Lipinski definition) is 5. The molecule has 0 saturated heterocycles. The number of hydrogen-bond donors (Lipinski definition) is 2. The molecule has 0 spiro atoms. The lowest BCUT2D eigenvalue weighted by Gasteiger charge is -2.28. The first kappa shape index (κ1) is 21.3. The van der Waals surface area contributed by atoms with Gasteiger partial charge in [0.2, 0.25) is 5.91 Å². The maximum Gasteiger partial charge on any atom is 0.241 e. The standard InChI is InChI=1S/C22H27ClN2O4/c1-13(2)21(15-5-7-19-20(11-15)29-10-9-28-19)24-14(3)22(26)25-16-6-8-18(27-4)17(23)12-16/h5-8,11-14,21,24H,9-10H2,1-4H3,(H,25,26)/t14-,21+/m1/s1. The van der Waals surface area contributed by atoms with Crippen LogP contribution in [0.15, 0.2) is 36.4 Å². The molecule has 7 heteroatoms. The van der Waals surface area contributed by atoms with Gasteiger partial charge in [-0.3, -0.25) is 10.1 Å². The zero-order valence-electron chi connectivity index (χ0n) is 17.1. The molecular weight excluding hydrogens is 392 g/mol. The van der Waals surface area contributed by atoms with Crippen LogP contribution in [0.2, 0.25) is 5.02 Å². The quantitative estimate of drug-likeness (QED) is 0.696. The molecule has 0 fully saturated rings. The minimum absolute atomic E-state index is 0.0222. The molecule has 3 rings (SSSR count). The summed E-state index contributed by atoms with van der Waals surface area (Å²) in [6.45, 7) is 7.17. The van der Waals surface area contributed by atoms with Gasteiger partial charge in [-0.15, -0.1) is 0 Å². The molecule has 156 valence electrons. The maximum absolute atomic E-state index is 12.7. The van der Waals surface area contributed by atoms with Crippen molar-refractivity contribution in [1.29, 1.82) is 0 Å². The zero-order valence-corrected chi connectivity index (χ0v) is 17.9. The molecule has 0 saturated carbocycles. The second-order valence-electron chi connectivity index (χ2n) is 7.35. The van der Waals surface area contributed by atoms with Crippen LogP contribution in [0.3, 0.4) is 0 Å². The Kier molecular flexibility index (Phi) is 6.87. The van der Waals surface area contributed by atoms with Crippen molar-refractivity contribution in [1.82, 2.24) is 5.32 Å². The smallest absolute Gasteiger partial charge is 0.241 e. The minimum atomic E-state index is -0.420. The van der Waals surface area contributed by atoms with Gasteiger partial charge in [0.05, 0.1) is 18.2 Å². The average molecular weight is 419 g/mol. The lowest BCUT2D eigenvalue weighted by Crippen LogP contribution is -2.41. The maximum atomic E-state index is 12.7. The number of methoxy groups -OCH3 is 1. The van der Waals surface area contributed by atoms with Crippen LogP contribution in [0.25, 0.3) is 0 Å². The Labute approximate surface area is 176 Å². The highest BCUT2D eigenvalue weighted by molar-refractivity contribution is 6.32. The van der Waals surface area contributed by atoms with Crippen LogP contribution in [0.1, 0.15) is 32.4 Å². The van der Waals surface area contributed by atoms with Crippen molar-refractivity contribution in [2.45, 2.75) is 32.9 Å². The topological polar surface area (TPSA) is 68.8 Å². The summed E-state index contributed by atoms with van der Waals surface area (Å²) >= 11 is 6.14. The number of halogens is 1. The van der Waals surface area contributed by atoms with E-state index in [1.54, 1.807) is 25.3 Å². The van der Waals surface area contributed by atoms with Crippen LogP contribution in [-0.4, -0.2) is 32.3 Å². The summed E-state index contributed by atoms with van der Waals surface area (Å²) in [7, 11) is 1.55. The number of benzene rings is 2. The van der Waals surface area contributed by atoms with Gasteiger partial charge in [0.25, 0.3) is 0 Å². The summed E-state index contributed by atoms with van der Waals surface area (Å²) in [6, 6.07) is 10.6. The van der Waals surface area contributed by atoms with E-state index in [4.69, 9.17) is 25.8 Å². The number of fused-ring (bicyclic) bond motifs is 1. The molecule has 29 heavy (non-hydrogen) atoms. The molecule has 6 nitrogen and oxygen atoms in total. The van der Waals surface area contributed by atoms with Crippen molar-refractivity contribution in [2.75, 3.05) is 25.6 Å². The van der Waals surface area contributed by atoms with Gasteiger partial charge < -0.3 is 19.5 Å². The van der Waals surface area contributed by atoms with Crippen LogP contribution in [0, 0.1) is 5.92 Å². The summed E-state index contributed by atoms with van der Waals surface area (Å²) in [6.07, 6.45) is 0. The second-order valence-corrected chi connectivity index (χ2v) is 7.76. The van der Waals surface area contributed by atoms with Gasteiger partial charge in [-0.25, -0.2) is 0 Å². The number of carbonyl (C=O) groups is 1. The second kappa shape index (κ2) is 9.37. The van der Waals surface area contributed by atoms with Gasteiger partial charge in [0, 0.05) is 11.7 Å². The highest BCUT2D eigenvalue weighted by Crippen LogP contribution is 2.34. The van der Waals surface area contributed by atoms with Gasteiger partial charge in [-0.1, -0.05) is 31.5 Å². The fourth-order valence-corrected chi connectivity index (χ4v) is 3.52. The van der Waals surface area contributed by atoms with Crippen molar-refractivity contribution < 1.29 is 19.0 Å². The number of nitrogens with one attached hydrogen (secondary N) is 2. The molecule has 0 aromatic heterocycles. The van der Waals surface area contributed by atoms with Crippen molar-refractivity contribution >= 4 is 23.2 Å². The van der Waals surface area contributed by atoms with E-state index in [2.05, 4.69) is 24.5 Å².